The Morgan fingerprint density at radius 1 is 1.25 bits per heavy atom. The zero-order valence-electron chi connectivity index (χ0n) is 9.22. The highest BCUT2D eigenvalue weighted by atomic mass is 79.9. The Morgan fingerprint density at radius 2 is 2.06 bits per heavy atom. The molecule has 1 N–H and O–H groups in total. The molecule has 1 aromatic carbocycles. The second kappa shape index (κ2) is 8.99. The predicted octanol–water partition coefficient (Wildman–Crippen LogP) is 3.18. The number of hydrogen-bond donors (Lipinski definition) is 1. The van der Waals surface area contributed by atoms with Gasteiger partial charge in [-0.05, 0) is 24.6 Å². The van der Waals surface area contributed by atoms with Gasteiger partial charge in [-0.3, -0.25) is 0 Å². The summed E-state index contributed by atoms with van der Waals surface area (Å²) in [4.78, 5) is 0. The maximum Gasteiger partial charge on any atom is 0.0601 e. The summed E-state index contributed by atoms with van der Waals surface area (Å²) < 4.78 is 6.43. The monoisotopic (exact) mass is 305 g/mol. The van der Waals surface area contributed by atoms with Crippen molar-refractivity contribution in [1.82, 2.24) is 5.32 Å². The minimum atomic E-state index is 0.574. The number of alkyl halides is 1. The van der Waals surface area contributed by atoms with Gasteiger partial charge in [0, 0.05) is 23.5 Å². The highest BCUT2D eigenvalue weighted by molar-refractivity contribution is 9.10. The van der Waals surface area contributed by atoms with Crippen LogP contribution in [0.1, 0.15) is 12.0 Å². The van der Waals surface area contributed by atoms with Gasteiger partial charge in [-0.2, -0.15) is 0 Å². The number of halogens is 2. The van der Waals surface area contributed by atoms with Crippen LogP contribution in [-0.2, 0) is 11.3 Å². The first kappa shape index (κ1) is 14.0. The number of rotatable bonds is 8. The van der Waals surface area contributed by atoms with Crippen LogP contribution in [0.4, 0.5) is 0 Å². The zero-order valence-corrected chi connectivity index (χ0v) is 11.6. The second-order valence-electron chi connectivity index (χ2n) is 3.42. The topological polar surface area (TPSA) is 21.3 Å². The summed E-state index contributed by atoms with van der Waals surface area (Å²) in [5.74, 6) is 0.574. The van der Waals surface area contributed by atoms with Crippen LogP contribution in [0.3, 0.4) is 0 Å². The van der Waals surface area contributed by atoms with Crippen molar-refractivity contribution >= 4 is 27.5 Å². The molecule has 0 unspecified atom stereocenters. The molecule has 0 aliphatic heterocycles. The lowest BCUT2D eigenvalue weighted by Gasteiger charge is -2.06. The molecule has 0 spiro atoms. The molecule has 0 radical (unpaired) electrons. The van der Waals surface area contributed by atoms with Crippen molar-refractivity contribution in [2.45, 2.75) is 13.0 Å². The molecule has 0 aliphatic carbocycles. The Labute approximate surface area is 110 Å². The maximum absolute atomic E-state index is 5.49. The lowest BCUT2D eigenvalue weighted by molar-refractivity contribution is 0.146. The fourth-order valence-corrected chi connectivity index (χ4v) is 1.85. The van der Waals surface area contributed by atoms with E-state index < -0.39 is 0 Å². The number of ether oxygens (including phenoxy) is 1. The Bertz CT molecular complexity index is 296. The summed E-state index contributed by atoms with van der Waals surface area (Å²) in [6, 6.07) is 8.24. The number of hydrogen-bond acceptors (Lipinski definition) is 2. The van der Waals surface area contributed by atoms with Gasteiger partial charge in [-0.1, -0.05) is 34.1 Å². The lowest BCUT2D eigenvalue weighted by Crippen LogP contribution is -2.16. The second-order valence-corrected chi connectivity index (χ2v) is 4.66. The van der Waals surface area contributed by atoms with Crippen LogP contribution in [0.25, 0.3) is 0 Å². The molecular formula is C12H17BrClNO. The Balaban J connectivity index is 2.05. The third-order valence-corrected chi connectivity index (χ3v) is 3.06. The summed E-state index contributed by atoms with van der Waals surface area (Å²) >= 11 is 9.01. The molecule has 0 heterocycles. The third kappa shape index (κ3) is 5.85. The van der Waals surface area contributed by atoms with E-state index in [0.717, 1.165) is 30.6 Å². The van der Waals surface area contributed by atoms with Crippen molar-refractivity contribution in [1.29, 1.82) is 0 Å². The van der Waals surface area contributed by atoms with Crippen LogP contribution < -0.4 is 5.32 Å². The van der Waals surface area contributed by atoms with Gasteiger partial charge >= 0.3 is 0 Å². The normalized spacial score (nSPS) is 10.6. The van der Waals surface area contributed by atoms with Gasteiger partial charge in [0.15, 0.2) is 0 Å². The van der Waals surface area contributed by atoms with E-state index in [1.165, 1.54) is 5.56 Å². The molecule has 16 heavy (non-hydrogen) atoms. The maximum atomic E-state index is 5.49. The quantitative estimate of drug-likeness (QED) is 0.588. The van der Waals surface area contributed by atoms with Crippen molar-refractivity contribution in [3.05, 3.63) is 34.3 Å². The molecule has 1 rings (SSSR count). The lowest BCUT2D eigenvalue weighted by atomic mass is 10.2. The van der Waals surface area contributed by atoms with Gasteiger partial charge in [-0.25, -0.2) is 0 Å². The molecule has 0 aliphatic rings. The van der Waals surface area contributed by atoms with Gasteiger partial charge in [0.05, 0.1) is 6.61 Å². The molecule has 0 saturated heterocycles. The van der Waals surface area contributed by atoms with E-state index in [1.807, 2.05) is 12.1 Å². The van der Waals surface area contributed by atoms with Crippen molar-refractivity contribution in [3.8, 4) is 0 Å². The summed E-state index contributed by atoms with van der Waals surface area (Å²) in [7, 11) is 0. The molecule has 1 aromatic rings. The van der Waals surface area contributed by atoms with E-state index in [9.17, 15) is 0 Å². The van der Waals surface area contributed by atoms with E-state index in [4.69, 9.17) is 16.3 Å². The van der Waals surface area contributed by atoms with Crippen LogP contribution >= 0.6 is 27.5 Å². The molecule has 0 fully saturated rings. The number of benzene rings is 1. The average Bonchev–Trinajstić information content (AvgIpc) is 2.30. The molecule has 0 amide bonds. The average molecular weight is 307 g/mol. The molecular weight excluding hydrogens is 289 g/mol. The van der Waals surface area contributed by atoms with Crippen LogP contribution in [0, 0.1) is 0 Å². The smallest absolute Gasteiger partial charge is 0.0601 e. The van der Waals surface area contributed by atoms with Gasteiger partial charge in [0.2, 0.25) is 0 Å². The first-order chi connectivity index (χ1) is 7.84. The molecule has 0 aromatic heterocycles. The Hall–Kier alpha value is -0.0900. The van der Waals surface area contributed by atoms with Crippen LogP contribution in [0.15, 0.2) is 28.7 Å². The molecule has 4 heteroatoms. The van der Waals surface area contributed by atoms with E-state index >= 15 is 0 Å². The molecule has 90 valence electrons. The largest absolute Gasteiger partial charge is 0.380 e. The van der Waals surface area contributed by atoms with E-state index in [-0.39, 0.29) is 0 Å². The van der Waals surface area contributed by atoms with Gasteiger partial charge in [0.1, 0.15) is 0 Å². The SMILES string of the molecule is ClCCOCCCNCc1ccccc1Br. The predicted molar refractivity (Wildman–Crippen MR) is 72.0 cm³/mol. The van der Waals surface area contributed by atoms with Crippen molar-refractivity contribution in [2.75, 3.05) is 25.6 Å². The van der Waals surface area contributed by atoms with Crippen LogP contribution in [-0.4, -0.2) is 25.6 Å². The summed E-state index contributed by atoms with van der Waals surface area (Å²) in [6.45, 7) is 3.27. The summed E-state index contributed by atoms with van der Waals surface area (Å²) in [5.41, 5.74) is 1.28. The standard InChI is InChI=1S/C12H17BrClNO/c13-12-5-2-1-4-11(12)10-15-7-3-8-16-9-6-14/h1-2,4-5,15H,3,6-10H2. The van der Waals surface area contributed by atoms with Gasteiger partial charge in [0.25, 0.3) is 0 Å². The molecule has 0 bridgehead atoms. The fraction of sp³-hybridized carbons (Fsp3) is 0.500. The van der Waals surface area contributed by atoms with E-state index in [2.05, 4.69) is 33.4 Å². The van der Waals surface area contributed by atoms with Gasteiger partial charge in [-0.15, -0.1) is 11.6 Å². The van der Waals surface area contributed by atoms with E-state index in [0.29, 0.717) is 12.5 Å². The molecule has 0 atom stereocenters. The Kier molecular flexibility index (Phi) is 7.85. The Morgan fingerprint density at radius 3 is 2.81 bits per heavy atom. The van der Waals surface area contributed by atoms with Crippen molar-refractivity contribution in [2.24, 2.45) is 0 Å². The highest BCUT2D eigenvalue weighted by Crippen LogP contribution is 2.15. The van der Waals surface area contributed by atoms with Crippen molar-refractivity contribution in [3.63, 3.8) is 0 Å². The van der Waals surface area contributed by atoms with Gasteiger partial charge < -0.3 is 10.1 Å². The summed E-state index contributed by atoms with van der Waals surface area (Å²) in [6.07, 6.45) is 1.02. The van der Waals surface area contributed by atoms with Crippen molar-refractivity contribution < 1.29 is 4.74 Å². The van der Waals surface area contributed by atoms with Crippen LogP contribution in [0.2, 0.25) is 0 Å². The van der Waals surface area contributed by atoms with E-state index in [1.54, 1.807) is 0 Å². The highest BCUT2D eigenvalue weighted by Gasteiger charge is 1.96. The molecule has 2 nitrogen and oxygen atoms in total. The first-order valence-corrected chi connectivity index (χ1v) is 6.75. The third-order valence-electron chi connectivity index (χ3n) is 2.14. The zero-order chi connectivity index (χ0) is 11.6. The first-order valence-electron chi connectivity index (χ1n) is 5.42. The summed E-state index contributed by atoms with van der Waals surface area (Å²) in [5, 5.41) is 3.38. The molecule has 0 saturated carbocycles. The minimum Gasteiger partial charge on any atom is -0.380 e. The van der Waals surface area contributed by atoms with Crippen LogP contribution in [0.5, 0.6) is 0 Å². The fourth-order valence-electron chi connectivity index (χ4n) is 1.32. The number of nitrogens with one attached hydrogen (secondary N) is 1. The minimum absolute atomic E-state index is 0.574.